The predicted octanol–water partition coefficient (Wildman–Crippen LogP) is 2.10. The third kappa shape index (κ3) is 2.53. The van der Waals surface area contributed by atoms with Crippen molar-refractivity contribution in [2.24, 2.45) is 5.73 Å². The topological polar surface area (TPSA) is 42.1 Å². The van der Waals surface area contributed by atoms with E-state index in [2.05, 4.69) is 29.1 Å². The fourth-order valence-corrected chi connectivity index (χ4v) is 2.45. The van der Waals surface area contributed by atoms with E-state index in [1.165, 1.54) is 18.5 Å². The highest BCUT2D eigenvalue weighted by molar-refractivity contribution is 5.46. The summed E-state index contributed by atoms with van der Waals surface area (Å²) in [6.45, 7) is 2.04. The van der Waals surface area contributed by atoms with Crippen LogP contribution in [0.3, 0.4) is 0 Å². The zero-order valence-electron chi connectivity index (χ0n) is 10.2. The van der Waals surface area contributed by atoms with Crippen molar-refractivity contribution in [3.8, 4) is 0 Å². The van der Waals surface area contributed by atoms with E-state index in [9.17, 15) is 0 Å². The Morgan fingerprint density at radius 1 is 1.31 bits per heavy atom. The molecule has 1 heterocycles. The maximum atomic E-state index is 5.93. The SMILES string of the molecule is Cc1cc(N(C)C2CCC(N)CC2)ccn1. The Bertz CT molecular complexity index is 343. The Kier molecular flexibility index (Phi) is 3.44. The first-order valence-electron chi connectivity index (χ1n) is 6.08. The van der Waals surface area contributed by atoms with Crippen LogP contribution in [0.2, 0.25) is 0 Å². The van der Waals surface area contributed by atoms with Crippen molar-refractivity contribution in [2.45, 2.75) is 44.7 Å². The first-order valence-corrected chi connectivity index (χ1v) is 6.08. The van der Waals surface area contributed by atoms with Crippen LogP contribution in [0.25, 0.3) is 0 Å². The zero-order chi connectivity index (χ0) is 11.5. The summed E-state index contributed by atoms with van der Waals surface area (Å²) in [6, 6.07) is 5.29. The molecule has 1 fully saturated rings. The number of hydrogen-bond acceptors (Lipinski definition) is 3. The van der Waals surface area contributed by atoms with E-state index in [0.29, 0.717) is 12.1 Å². The maximum Gasteiger partial charge on any atom is 0.0399 e. The Hall–Kier alpha value is -1.09. The van der Waals surface area contributed by atoms with Crippen LogP contribution in [0.15, 0.2) is 18.3 Å². The molecule has 0 unspecified atom stereocenters. The number of anilines is 1. The lowest BCUT2D eigenvalue weighted by atomic mass is 9.91. The fourth-order valence-electron chi connectivity index (χ4n) is 2.45. The lowest BCUT2D eigenvalue weighted by Crippen LogP contribution is -2.38. The average molecular weight is 219 g/mol. The summed E-state index contributed by atoms with van der Waals surface area (Å²) in [5.41, 5.74) is 8.28. The van der Waals surface area contributed by atoms with Crippen LogP contribution in [0.4, 0.5) is 5.69 Å². The maximum absolute atomic E-state index is 5.93. The van der Waals surface area contributed by atoms with Gasteiger partial charge in [0.25, 0.3) is 0 Å². The smallest absolute Gasteiger partial charge is 0.0399 e. The van der Waals surface area contributed by atoms with Gasteiger partial charge in [-0.15, -0.1) is 0 Å². The molecule has 0 saturated heterocycles. The van der Waals surface area contributed by atoms with Gasteiger partial charge in [0.05, 0.1) is 0 Å². The third-order valence-corrected chi connectivity index (χ3v) is 3.58. The van der Waals surface area contributed by atoms with Crippen LogP contribution in [0.1, 0.15) is 31.4 Å². The number of hydrogen-bond donors (Lipinski definition) is 1. The van der Waals surface area contributed by atoms with Crippen molar-refractivity contribution in [3.63, 3.8) is 0 Å². The third-order valence-electron chi connectivity index (χ3n) is 3.58. The van der Waals surface area contributed by atoms with Crippen LogP contribution in [-0.2, 0) is 0 Å². The fraction of sp³-hybridized carbons (Fsp3) is 0.615. The van der Waals surface area contributed by atoms with Crippen LogP contribution in [0, 0.1) is 6.92 Å². The van der Waals surface area contributed by atoms with Crippen LogP contribution < -0.4 is 10.6 Å². The normalized spacial score (nSPS) is 25.4. The van der Waals surface area contributed by atoms with E-state index in [4.69, 9.17) is 5.73 Å². The number of nitrogens with two attached hydrogens (primary N) is 1. The molecule has 0 amide bonds. The van der Waals surface area contributed by atoms with E-state index in [1.807, 2.05) is 13.1 Å². The summed E-state index contributed by atoms with van der Waals surface area (Å²) in [5.74, 6) is 0. The molecule has 16 heavy (non-hydrogen) atoms. The van der Waals surface area contributed by atoms with Crippen molar-refractivity contribution < 1.29 is 0 Å². The summed E-state index contributed by atoms with van der Waals surface area (Å²) in [4.78, 5) is 6.61. The van der Waals surface area contributed by atoms with Gasteiger partial charge in [0, 0.05) is 36.7 Å². The van der Waals surface area contributed by atoms with Crippen molar-refractivity contribution in [1.82, 2.24) is 4.98 Å². The molecule has 0 spiro atoms. The van der Waals surface area contributed by atoms with Gasteiger partial charge in [0.2, 0.25) is 0 Å². The highest BCUT2D eigenvalue weighted by Gasteiger charge is 2.22. The number of nitrogens with zero attached hydrogens (tertiary/aromatic N) is 2. The summed E-state index contributed by atoms with van der Waals surface area (Å²) in [7, 11) is 2.18. The second-order valence-corrected chi connectivity index (χ2v) is 4.83. The Labute approximate surface area is 97.7 Å². The molecule has 1 saturated carbocycles. The second kappa shape index (κ2) is 4.83. The summed E-state index contributed by atoms with van der Waals surface area (Å²) < 4.78 is 0. The highest BCUT2D eigenvalue weighted by atomic mass is 15.1. The quantitative estimate of drug-likeness (QED) is 0.828. The minimum absolute atomic E-state index is 0.420. The number of aromatic nitrogens is 1. The number of aryl methyl sites for hydroxylation is 1. The lowest BCUT2D eigenvalue weighted by molar-refractivity contribution is 0.385. The molecule has 1 aromatic rings. The van der Waals surface area contributed by atoms with E-state index in [0.717, 1.165) is 18.5 Å². The largest absolute Gasteiger partial charge is 0.372 e. The molecule has 2 N–H and O–H groups in total. The van der Waals surface area contributed by atoms with Gasteiger partial charge in [-0.25, -0.2) is 0 Å². The van der Waals surface area contributed by atoms with Crippen LogP contribution in [-0.4, -0.2) is 24.1 Å². The molecule has 0 aliphatic heterocycles. The molecule has 0 radical (unpaired) electrons. The van der Waals surface area contributed by atoms with Gasteiger partial charge in [0.1, 0.15) is 0 Å². The monoisotopic (exact) mass is 219 g/mol. The minimum atomic E-state index is 0.420. The van der Waals surface area contributed by atoms with Gasteiger partial charge in [0.15, 0.2) is 0 Å². The second-order valence-electron chi connectivity index (χ2n) is 4.83. The van der Waals surface area contributed by atoms with E-state index < -0.39 is 0 Å². The molecule has 2 rings (SSSR count). The minimum Gasteiger partial charge on any atom is -0.372 e. The molecule has 0 aromatic carbocycles. The summed E-state index contributed by atoms with van der Waals surface area (Å²) >= 11 is 0. The standard InChI is InChI=1S/C13H21N3/c1-10-9-13(7-8-15-10)16(2)12-5-3-11(14)4-6-12/h7-9,11-12H,3-6,14H2,1-2H3. The summed E-state index contributed by atoms with van der Waals surface area (Å²) in [6.07, 6.45) is 6.60. The average Bonchev–Trinajstić information content (AvgIpc) is 2.29. The molecule has 0 atom stereocenters. The molecule has 3 nitrogen and oxygen atoms in total. The first-order chi connectivity index (χ1) is 7.66. The number of rotatable bonds is 2. The van der Waals surface area contributed by atoms with Gasteiger partial charge >= 0.3 is 0 Å². The Morgan fingerprint density at radius 2 is 2.00 bits per heavy atom. The molecule has 1 aliphatic carbocycles. The van der Waals surface area contributed by atoms with Crippen molar-refractivity contribution in [2.75, 3.05) is 11.9 Å². The zero-order valence-corrected chi connectivity index (χ0v) is 10.2. The van der Waals surface area contributed by atoms with E-state index >= 15 is 0 Å². The van der Waals surface area contributed by atoms with Crippen molar-refractivity contribution >= 4 is 5.69 Å². The molecule has 1 aromatic heterocycles. The van der Waals surface area contributed by atoms with Crippen molar-refractivity contribution in [1.29, 1.82) is 0 Å². The molecule has 3 heteroatoms. The van der Waals surface area contributed by atoms with Crippen LogP contribution >= 0.6 is 0 Å². The van der Waals surface area contributed by atoms with Gasteiger partial charge in [-0.2, -0.15) is 0 Å². The summed E-state index contributed by atoms with van der Waals surface area (Å²) in [5, 5.41) is 0. The predicted molar refractivity (Wildman–Crippen MR) is 67.6 cm³/mol. The first kappa shape index (κ1) is 11.4. The van der Waals surface area contributed by atoms with Gasteiger partial charge in [-0.1, -0.05) is 0 Å². The van der Waals surface area contributed by atoms with E-state index in [1.54, 1.807) is 0 Å². The molecular formula is C13H21N3. The molecule has 88 valence electrons. The number of pyridine rings is 1. The van der Waals surface area contributed by atoms with Gasteiger partial charge < -0.3 is 10.6 Å². The molecular weight excluding hydrogens is 198 g/mol. The van der Waals surface area contributed by atoms with Crippen molar-refractivity contribution in [3.05, 3.63) is 24.0 Å². The Morgan fingerprint density at radius 3 is 2.62 bits per heavy atom. The Balaban J connectivity index is 2.04. The van der Waals surface area contributed by atoms with Crippen LogP contribution in [0.5, 0.6) is 0 Å². The van der Waals surface area contributed by atoms with Gasteiger partial charge in [-0.3, -0.25) is 4.98 Å². The lowest BCUT2D eigenvalue weighted by Gasteiger charge is -2.35. The molecule has 1 aliphatic rings. The van der Waals surface area contributed by atoms with Gasteiger partial charge in [-0.05, 0) is 44.7 Å². The molecule has 0 bridgehead atoms. The highest BCUT2D eigenvalue weighted by Crippen LogP contribution is 2.25. The van der Waals surface area contributed by atoms with E-state index in [-0.39, 0.29) is 0 Å².